The Morgan fingerprint density at radius 3 is 3.00 bits per heavy atom. The molecule has 5 heteroatoms. The minimum absolute atomic E-state index is 0.605. The largest absolute Gasteiger partial charge is 0.445 e. The topological polar surface area (TPSA) is 61.9 Å². The van der Waals surface area contributed by atoms with Crippen LogP contribution in [0.25, 0.3) is 0 Å². The van der Waals surface area contributed by atoms with E-state index < -0.39 is 0 Å². The maximum Gasteiger partial charge on any atom is 0.208 e. The van der Waals surface area contributed by atoms with Crippen molar-refractivity contribution in [1.29, 1.82) is 5.26 Å². The molecule has 0 aliphatic rings. The molecular formula is C11H11N3OS. The fourth-order valence-electron chi connectivity index (χ4n) is 1.31. The maximum atomic E-state index is 8.67. The van der Waals surface area contributed by atoms with E-state index in [1.54, 1.807) is 6.20 Å². The van der Waals surface area contributed by atoms with Crippen molar-refractivity contribution < 1.29 is 4.42 Å². The van der Waals surface area contributed by atoms with Crippen LogP contribution >= 0.6 is 11.3 Å². The zero-order chi connectivity index (χ0) is 11.4. The van der Waals surface area contributed by atoms with Gasteiger partial charge in [0.1, 0.15) is 16.7 Å². The van der Waals surface area contributed by atoms with Crippen LogP contribution in [0.2, 0.25) is 0 Å². The summed E-state index contributed by atoms with van der Waals surface area (Å²) in [7, 11) is 0. The highest BCUT2D eigenvalue weighted by Crippen LogP contribution is 2.14. The third-order valence-electron chi connectivity index (χ3n) is 2.02. The highest BCUT2D eigenvalue weighted by Gasteiger charge is 2.01. The van der Waals surface area contributed by atoms with Crippen LogP contribution in [0, 0.1) is 18.3 Å². The van der Waals surface area contributed by atoms with Gasteiger partial charge in [-0.1, -0.05) is 0 Å². The second-order valence-electron chi connectivity index (χ2n) is 3.35. The van der Waals surface area contributed by atoms with Gasteiger partial charge in [-0.05, 0) is 19.1 Å². The van der Waals surface area contributed by atoms with Crippen LogP contribution in [0.3, 0.4) is 0 Å². The first-order valence-corrected chi connectivity index (χ1v) is 5.70. The number of hydrogen-bond acceptors (Lipinski definition) is 5. The molecule has 16 heavy (non-hydrogen) atoms. The number of aromatic nitrogens is 1. The number of thiophene rings is 1. The molecule has 0 amide bonds. The predicted octanol–water partition coefficient (Wildman–Crippen LogP) is 2.21. The Bertz CT molecular complexity index is 509. The number of nitrogens with zero attached hydrogens (tertiary/aromatic N) is 2. The summed E-state index contributed by atoms with van der Waals surface area (Å²) >= 11 is 1.50. The first-order valence-electron chi connectivity index (χ1n) is 4.89. The molecule has 82 valence electrons. The second-order valence-corrected chi connectivity index (χ2v) is 4.51. The van der Waals surface area contributed by atoms with Crippen molar-refractivity contribution in [2.24, 2.45) is 0 Å². The van der Waals surface area contributed by atoms with Crippen LogP contribution in [-0.4, -0.2) is 4.98 Å². The van der Waals surface area contributed by atoms with Gasteiger partial charge < -0.3 is 9.73 Å². The van der Waals surface area contributed by atoms with Crippen LogP contribution in [0.5, 0.6) is 0 Å². The van der Waals surface area contributed by atoms with E-state index in [4.69, 9.17) is 9.68 Å². The first-order chi connectivity index (χ1) is 7.78. The molecule has 0 aromatic carbocycles. The number of nitriles is 1. The van der Waals surface area contributed by atoms with Gasteiger partial charge in [-0.2, -0.15) is 5.26 Å². The summed E-state index contributed by atoms with van der Waals surface area (Å²) in [5, 5.41) is 11.9. The van der Waals surface area contributed by atoms with Crippen LogP contribution in [-0.2, 0) is 13.1 Å². The number of hydrogen-bond donors (Lipinski definition) is 1. The zero-order valence-corrected chi connectivity index (χ0v) is 9.67. The van der Waals surface area contributed by atoms with Crippen molar-refractivity contribution in [1.82, 2.24) is 10.3 Å². The van der Waals surface area contributed by atoms with Crippen LogP contribution in [0.15, 0.2) is 22.7 Å². The van der Waals surface area contributed by atoms with E-state index in [0.717, 1.165) is 22.1 Å². The highest BCUT2D eigenvalue weighted by molar-refractivity contribution is 7.12. The van der Waals surface area contributed by atoms with Gasteiger partial charge in [-0.3, -0.25) is 0 Å². The molecule has 0 spiro atoms. The average molecular weight is 233 g/mol. The Labute approximate surface area is 97.5 Å². The number of oxazole rings is 1. The molecule has 0 bridgehead atoms. The minimum Gasteiger partial charge on any atom is -0.445 e. The molecule has 4 nitrogen and oxygen atoms in total. The Kier molecular flexibility index (Phi) is 3.34. The quantitative estimate of drug-likeness (QED) is 0.879. The molecule has 2 rings (SSSR count). The monoisotopic (exact) mass is 233 g/mol. The second kappa shape index (κ2) is 4.92. The molecule has 2 aromatic rings. The van der Waals surface area contributed by atoms with Gasteiger partial charge in [0.15, 0.2) is 0 Å². The fraction of sp³-hybridized carbons (Fsp3) is 0.273. The Balaban J connectivity index is 1.82. The number of rotatable bonds is 4. The van der Waals surface area contributed by atoms with Crippen LogP contribution in [0.1, 0.15) is 21.4 Å². The zero-order valence-electron chi connectivity index (χ0n) is 8.86. The van der Waals surface area contributed by atoms with E-state index in [-0.39, 0.29) is 0 Å². The van der Waals surface area contributed by atoms with Crippen LogP contribution in [0.4, 0.5) is 0 Å². The van der Waals surface area contributed by atoms with Gasteiger partial charge in [0, 0.05) is 11.4 Å². The summed E-state index contributed by atoms with van der Waals surface area (Å²) in [6.45, 7) is 3.20. The van der Waals surface area contributed by atoms with E-state index in [9.17, 15) is 0 Å². The fourth-order valence-corrected chi connectivity index (χ4v) is 2.08. The highest BCUT2D eigenvalue weighted by atomic mass is 32.1. The lowest BCUT2D eigenvalue weighted by Crippen LogP contribution is -2.11. The van der Waals surface area contributed by atoms with E-state index in [2.05, 4.69) is 16.4 Å². The maximum absolute atomic E-state index is 8.67. The van der Waals surface area contributed by atoms with E-state index in [1.807, 2.05) is 19.1 Å². The summed E-state index contributed by atoms with van der Waals surface area (Å²) in [5.41, 5.74) is 0. The molecule has 2 aromatic heterocycles. The predicted molar refractivity (Wildman–Crippen MR) is 60.8 cm³/mol. The summed E-state index contributed by atoms with van der Waals surface area (Å²) in [5.74, 6) is 1.51. The minimum atomic E-state index is 0.605. The summed E-state index contributed by atoms with van der Waals surface area (Å²) in [6, 6.07) is 5.90. The standard InChI is InChI=1S/C11H11N3OS/c1-8-5-14-11(15-8)7-13-6-10-3-2-9(4-12)16-10/h2-3,5,13H,6-7H2,1H3. The summed E-state index contributed by atoms with van der Waals surface area (Å²) in [4.78, 5) is 5.97. The lowest BCUT2D eigenvalue weighted by atomic mass is 10.4. The first kappa shape index (κ1) is 10.9. The Morgan fingerprint density at radius 1 is 1.50 bits per heavy atom. The Morgan fingerprint density at radius 2 is 2.38 bits per heavy atom. The third kappa shape index (κ3) is 2.69. The number of nitrogens with one attached hydrogen (secondary N) is 1. The van der Waals surface area contributed by atoms with Gasteiger partial charge in [-0.25, -0.2) is 4.98 Å². The van der Waals surface area contributed by atoms with E-state index >= 15 is 0 Å². The normalized spacial score (nSPS) is 10.2. The lowest BCUT2D eigenvalue weighted by molar-refractivity contribution is 0.449. The number of aryl methyl sites for hydroxylation is 1. The van der Waals surface area contributed by atoms with Crippen molar-refractivity contribution in [2.75, 3.05) is 0 Å². The van der Waals surface area contributed by atoms with Gasteiger partial charge in [0.25, 0.3) is 0 Å². The Hall–Kier alpha value is -1.64. The molecule has 0 saturated carbocycles. The molecule has 1 N–H and O–H groups in total. The molecule has 0 unspecified atom stereocenters. The SMILES string of the molecule is Cc1cnc(CNCc2ccc(C#N)s2)o1. The van der Waals surface area contributed by atoms with E-state index in [0.29, 0.717) is 12.4 Å². The van der Waals surface area contributed by atoms with E-state index in [1.165, 1.54) is 11.3 Å². The van der Waals surface area contributed by atoms with Crippen molar-refractivity contribution in [2.45, 2.75) is 20.0 Å². The molecule has 2 heterocycles. The smallest absolute Gasteiger partial charge is 0.208 e. The van der Waals surface area contributed by atoms with Crippen LogP contribution < -0.4 is 5.32 Å². The molecular weight excluding hydrogens is 222 g/mol. The average Bonchev–Trinajstić information content (AvgIpc) is 2.88. The molecule has 0 fully saturated rings. The summed E-state index contributed by atoms with van der Waals surface area (Å²) < 4.78 is 5.33. The molecule has 0 aliphatic carbocycles. The lowest BCUT2D eigenvalue weighted by Gasteiger charge is -1.98. The van der Waals surface area contributed by atoms with Crippen molar-refractivity contribution in [3.8, 4) is 6.07 Å². The van der Waals surface area contributed by atoms with Gasteiger partial charge in [0.2, 0.25) is 5.89 Å². The van der Waals surface area contributed by atoms with Crippen molar-refractivity contribution >= 4 is 11.3 Å². The molecule has 0 radical (unpaired) electrons. The van der Waals surface area contributed by atoms with Gasteiger partial charge >= 0.3 is 0 Å². The third-order valence-corrected chi connectivity index (χ3v) is 3.01. The molecule has 0 aliphatic heterocycles. The van der Waals surface area contributed by atoms with Crippen molar-refractivity contribution in [3.05, 3.63) is 39.7 Å². The summed E-state index contributed by atoms with van der Waals surface area (Å²) in [6.07, 6.45) is 1.70. The molecule has 0 saturated heterocycles. The van der Waals surface area contributed by atoms with Gasteiger partial charge in [0.05, 0.1) is 12.7 Å². The van der Waals surface area contributed by atoms with Gasteiger partial charge in [-0.15, -0.1) is 11.3 Å². The molecule has 0 atom stereocenters. The van der Waals surface area contributed by atoms with Crippen molar-refractivity contribution in [3.63, 3.8) is 0 Å².